The van der Waals surface area contributed by atoms with Gasteiger partial charge in [-0.05, 0) is 36.9 Å². The van der Waals surface area contributed by atoms with Gasteiger partial charge in [0.1, 0.15) is 10.7 Å². The first kappa shape index (κ1) is 15.5. The summed E-state index contributed by atoms with van der Waals surface area (Å²) in [6, 6.07) is 12.1. The average molecular weight is 339 g/mol. The van der Waals surface area contributed by atoms with E-state index in [1.165, 1.54) is 12.8 Å². The molecule has 0 radical (unpaired) electrons. The molecule has 0 saturated carbocycles. The average Bonchev–Trinajstić information content (AvgIpc) is 3.00. The molecule has 2 aromatic heterocycles. The molecule has 24 heavy (non-hydrogen) atoms. The second-order valence-electron chi connectivity index (χ2n) is 6.69. The van der Waals surface area contributed by atoms with Gasteiger partial charge in [0.2, 0.25) is 0 Å². The van der Waals surface area contributed by atoms with Gasteiger partial charge < -0.3 is 4.98 Å². The molecule has 1 atom stereocenters. The van der Waals surface area contributed by atoms with Crippen LogP contribution in [0.25, 0.3) is 20.7 Å². The van der Waals surface area contributed by atoms with E-state index in [2.05, 4.69) is 28.9 Å². The van der Waals surface area contributed by atoms with Crippen molar-refractivity contribution in [2.75, 3.05) is 13.1 Å². The summed E-state index contributed by atoms with van der Waals surface area (Å²) in [6.07, 6.45) is 2.52. The molecule has 0 amide bonds. The maximum absolute atomic E-state index is 12.4. The van der Waals surface area contributed by atoms with E-state index < -0.39 is 0 Å². The normalized spacial score (nSPS) is 19.0. The molecule has 1 aliphatic heterocycles. The summed E-state index contributed by atoms with van der Waals surface area (Å²) in [4.78, 5) is 24.5. The smallest absolute Gasteiger partial charge is 0.259 e. The second-order valence-corrected chi connectivity index (χ2v) is 7.72. The van der Waals surface area contributed by atoms with Gasteiger partial charge in [-0.15, -0.1) is 11.3 Å². The Bertz CT molecular complexity index is 900. The summed E-state index contributed by atoms with van der Waals surface area (Å²) in [5, 5.41) is 0.689. The molecule has 4 rings (SSSR count). The first-order chi connectivity index (χ1) is 11.7. The molecular formula is C19H21N3OS. The number of nitrogens with zero attached hydrogens (tertiary/aromatic N) is 2. The van der Waals surface area contributed by atoms with Crippen molar-refractivity contribution in [2.24, 2.45) is 5.92 Å². The van der Waals surface area contributed by atoms with Crippen LogP contribution >= 0.6 is 11.3 Å². The molecule has 0 spiro atoms. The molecule has 124 valence electrons. The van der Waals surface area contributed by atoms with Crippen molar-refractivity contribution in [3.63, 3.8) is 0 Å². The van der Waals surface area contributed by atoms with Crippen LogP contribution < -0.4 is 5.56 Å². The minimum absolute atomic E-state index is 0.0292. The lowest BCUT2D eigenvalue weighted by molar-refractivity contribution is 0.173. The predicted molar refractivity (Wildman–Crippen MR) is 99.4 cm³/mol. The van der Waals surface area contributed by atoms with Crippen LogP contribution in [-0.2, 0) is 6.54 Å². The number of fused-ring (bicyclic) bond motifs is 1. The van der Waals surface area contributed by atoms with E-state index in [9.17, 15) is 4.79 Å². The molecule has 1 saturated heterocycles. The summed E-state index contributed by atoms with van der Waals surface area (Å²) >= 11 is 1.59. The molecule has 0 aliphatic carbocycles. The number of hydrogen-bond acceptors (Lipinski definition) is 4. The number of aromatic nitrogens is 2. The van der Waals surface area contributed by atoms with Gasteiger partial charge in [-0.25, -0.2) is 4.98 Å². The largest absolute Gasteiger partial charge is 0.309 e. The van der Waals surface area contributed by atoms with Gasteiger partial charge in [0.25, 0.3) is 5.56 Å². The molecule has 0 unspecified atom stereocenters. The summed E-state index contributed by atoms with van der Waals surface area (Å²) in [6.45, 7) is 5.19. The Balaban J connectivity index is 1.65. The third-order valence-corrected chi connectivity index (χ3v) is 5.70. The number of likely N-dealkylation sites (tertiary alicyclic amines) is 1. The molecule has 1 N–H and O–H groups in total. The van der Waals surface area contributed by atoms with Crippen LogP contribution in [0, 0.1) is 5.92 Å². The van der Waals surface area contributed by atoms with E-state index in [0.29, 0.717) is 5.39 Å². The van der Waals surface area contributed by atoms with E-state index in [4.69, 9.17) is 4.98 Å². The number of hydrogen-bond donors (Lipinski definition) is 1. The fourth-order valence-corrected chi connectivity index (χ4v) is 4.49. The SMILES string of the molecule is C[C@H]1CCCN(Cc2nc3sc(-c4ccccc4)cc3c(=O)[nH]2)C1. The minimum atomic E-state index is -0.0292. The van der Waals surface area contributed by atoms with Crippen molar-refractivity contribution < 1.29 is 0 Å². The van der Waals surface area contributed by atoms with Crippen molar-refractivity contribution in [1.82, 2.24) is 14.9 Å². The monoisotopic (exact) mass is 339 g/mol. The van der Waals surface area contributed by atoms with Gasteiger partial charge in [0, 0.05) is 11.4 Å². The maximum atomic E-state index is 12.4. The van der Waals surface area contributed by atoms with E-state index in [1.807, 2.05) is 24.3 Å². The first-order valence-corrected chi connectivity index (χ1v) is 9.31. The lowest BCUT2D eigenvalue weighted by Crippen LogP contribution is -2.34. The highest BCUT2D eigenvalue weighted by Gasteiger charge is 2.18. The van der Waals surface area contributed by atoms with Crippen LogP contribution in [0.5, 0.6) is 0 Å². The van der Waals surface area contributed by atoms with Gasteiger partial charge in [0.05, 0.1) is 11.9 Å². The van der Waals surface area contributed by atoms with Crippen LogP contribution in [0.15, 0.2) is 41.2 Å². The summed E-state index contributed by atoms with van der Waals surface area (Å²) < 4.78 is 0. The Morgan fingerprint density at radius 3 is 2.96 bits per heavy atom. The number of aromatic amines is 1. The highest BCUT2D eigenvalue weighted by atomic mass is 32.1. The Hall–Kier alpha value is -1.98. The van der Waals surface area contributed by atoms with Crippen molar-refractivity contribution in [3.05, 3.63) is 52.6 Å². The summed E-state index contributed by atoms with van der Waals surface area (Å²) in [5.74, 6) is 1.50. The number of piperidine rings is 1. The molecule has 0 bridgehead atoms. The third kappa shape index (κ3) is 3.14. The lowest BCUT2D eigenvalue weighted by Gasteiger charge is -2.30. The summed E-state index contributed by atoms with van der Waals surface area (Å²) in [5.41, 5.74) is 1.10. The van der Waals surface area contributed by atoms with Crippen LogP contribution in [-0.4, -0.2) is 28.0 Å². The zero-order valence-corrected chi connectivity index (χ0v) is 14.6. The summed E-state index contributed by atoms with van der Waals surface area (Å²) in [7, 11) is 0. The quantitative estimate of drug-likeness (QED) is 0.788. The highest BCUT2D eigenvalue weighted by molar-refractivity contribution is 7.21. The van der Waals surface area contributed by atoms with Crippen LogP contribution in [0.4, 0.5) is 0 Å². The molecule has 3 heterocycles. The standard InChI is InChI=1S/C19H21N3OS/c1-13-6-5-9-22(11-13)12-17-20-18(23)15-10-16(24-19(15)21-17)14-7-3-2-4-8-14/h2-4,7-8,10,13H,5-6,9,11-12H2,1H3,(H,20,21,23)/t13-/m0/s1. The van der Waals surface area contributed by atoms with Crippen LogP contribution in [0.2, 0.25) is 0 Å². The van der Waals surface area contributed by atoms with Gasteiger partial charge in [0.15, 0.2) is 0 Å². The number of benzene rings is 1. The second kappa shape index (κ2) is 6.49. The molecule has 1 aromatic carbocycles. The fourth-order valence-electron chi connectivity index (χ4n) is 3.44. The lowest BCUT2D eigenvalue weighted by atomic mass is 10.0. The van der Waals surface area contributed by atoms with E-state index in [0.717, 1.165) is 46.6 Å². The molecule has 1 fully saturated rings. The Morgan fingerprint density at radius 2 is 2.17 bits per heavy atom. The topological polar surface area (TPSA) is 49.0 Å². The third-order valence-electron chi connectivity index (χ3n) is 4.62. The Kier molecular flexibility index (Phi) is 4.21. The fraction of sp³-hybridized carbons (Fsp3) is 0.368. The number of rotatable bonds is 3. The Labute approximate surface area is 145 Å². The predicted octanol–water partition coefficient (Wildman–Crippen LogP) is 3.88. The highest BCUT2D eigenvalue weighted by Crippen LogP contribution is 2.30. The zero-order valence-electron chi connectivity index (χ0n) is 13.8. The van der Waals surface area contributed by atoms with Crippen molar-refractivity contribution in [1.29, 1.82) is 0 Å². The molecular weight excluding hydrogens is 318 g/mol. The Morgan fingerprint density at radius 1 is 1.33 bits per heavy atom. The molecule has 4 nitrogen and oxygen atoms in total. The number of nitrogens with one attached hydrogen (secondary N) is 1. The minimum Gasteiger partial charge on any atom is -0.309 e. The molecule has 3 aromatic rings. The van der Waals surface area contributed by atoms with E-state index in [-0.39, 0.29) is 5.56 Å². The number of H-pyrrole nitrogens is 1. The van der Waals surface area contributed by atoms with Crippen molar-refractivity contribution >= 4 is 21.6 Å². The van der Waals surface area contributed by atoms with Crippen molar-refractivity contribution in [2.45, 2.75) is 26.3 Å². The van der Waals surface area contributed by atoms with Gasteiger partial charge in [-0.2, -0.15) is 0 Å². The molecule has 1 aliphatic rings. The maximum Gasteiger partial charge on any atom is 0.259 e. The van der Waals surface area contributed by atoms with Gasteiger partial charge in [-0.3, -0.25) is 9.69 Å². The van der Waals surface area contributed by atoms with Gasteiger partial charge >= 0.3 is 0 Å². The zero-order chi connectivity index (χ0) is 16.5. The molecule has 5 heteroatoms. The van der Waals surface area contributed by atoms with E-state index in [1.54, 1.807) is 11.3 Å². The van der Waals surface area contributed by atoms with Crippen LogP contribution in [0.3, 0.4) is 0 Å². The first-order valence-electron chi connectivity index (χ1n) is 8.49. The van der Waals surface area contributed by atoms with Crippen LogP contribution in [0.1, 0.15) is 25.6 Å². The van der Waals surface area contributed by atoms with E-state index >= 15 is 0 Å². The number of thiophene rings is 1. The van der Waals surface area contributed by atoms with Gasteiger partial charge in [-0.1, -0.05) is 37.3 Å². The van der Waals surface area contributed by atoms with Crippen molar-refractivity contribution in [3.8, 4) is 10.4 Å².